The molecular formula is C28H30N6O. The molecule has 0 saturated heterocycles. The van der Waals surface area contributed by atoms with Crippen molar-refractivity contribution in [3.63, 3.8) is 0 Å². The first-order valence-electron chi connectivity index (χ1n) is 12.6. The summed E-state index contributed by atoms with van der Waals surface area (Å²) in [6, 6.07) is 18.9. The monoisotopic (exact) mass is 466 g/mol. The summed E-state index contributed by atoms with van der Waals surface area (Å²) in [4.78, 5) is 12.5. The Labute approximate surface area is 205 Å². The van der Waals surface area contributed by atoms with E-state index in [4.69, 9.17) is 14.7 Å². The van der Waals surface area contributed by atoms with Crippen LogP contribution in [0.1, 0.15) is 62.3 Å². The largest absolute Gasteiger partial charge is 0.489 e. The van der Waals surface area contributed by atoms with Gasteiger partial charge < -0.3 is 9.64 Å². The van der Waals surface area contributed by atoms with Gasteiger partial charge in [0.05, 0.1) is 12.2 Å². The minimum absolute atomic E-state index is 0.162. The van der Waals surface area contributed by atoms with E-state index in [9.17, 15) is 0 Å². The summed E-state index contributed by atoms with van der Waals surface area (Å²) < 4.78 is 8.21. The molecule has 4 aromatic rings. The molecule has 0 N–H and O–H groups in total. The number of ether oxygens (including phenoxy) is 1. The van der Waals surface area contributed by atoms with Crippen LogP contribution in [-0.2, 0) is 6.61 Å². The average molecular weight is 467 g/mol. The molecule has 0 bridgehead atoms. The van der Waals surface area contributed by atoms with Crippen LogP contribution in [0.15, 0.2) is 60.8 Å². The van der Waals surface area contributed by atoms with Gasteiger partial charge in [-0.3, -0.25) is 4.57 Å². The molecule has 1 fully saturated rings. The molecule has 1 atom stereocenters. The predicted molar refractivity (Wildman–Crippen MR) is 136 cm³/mol. The fourth-order valence-electron chi connectivity index (χ4n) is 5.47. The number of nitrogens with zero attached hydrogens (tertiary/aromatic N) is 6. The Morgan fingerprint density at radius 3 is 2.63 bits per heavy atom. The fraction of sp³-hybridized carbons (Fsp3) is 0.357. The van der Waals surface area contributed by atoms with Crippen molar-refractivity contribution in [2.75, 3.05) is 4.90 Å². The second-order valence-corrected chi connectivity index (χ2v) is 9.41. The molecule has 1 saturated carbocycles. The van der Waals surface area contributed by atoms with E-state index in [1.807, 2.05) is 55.6 Å². The summed E-state index contributed by atoms with van der Waals surface area (Å²) in [7, 11) is 0. The smallest absolute Gasteiger partial charge is 0.161 e. The van der Waals surface area contributed by atoms with Crippen LogP contribution in [0.3, 0.4) is 0 Å². The molecule has 2 aromatic heterocycles. The SMILES string of the molecule is CC[C@@H]1c2nnc(C)n2-c2cnc(-c3cccc(OCc4ccccc4)c3)nc2N1C1CCCC1. The second kappa shape index (κ2) is 9.13. The van der Waals surface area contributed by atoms with Crippen LogP contribution in [0.5, 0.6) is 5.75 Å². The maximum Gasteiger partial charge on any atom is 0.161 e. The minimum atomic E-state index is 0.162. The van der Waals surface area contributed by atoms with Crippen LogP contribution >= 0.6 is 0 Å². The normalized spacial score (nSPS) is 17.3. The number of fused-ring (bicyclic) bond motifs is 3. The summed E-state index contributed by atoms with van der Waals surface area (Å²) in [5.74, 6) is 4.37. The summed E-state index contributed by atoms with van der Waals surface area (Å²) in [5, 5.41) is 8.97. The van der Waals surface area contributed by atoms with Crippen LogP contribution in [0.4, 0.5) is 5.82 Å². The zero-order chi connectivity index (χ0) is 23.8. The van der Waals surface area contributed by atoms with E-state index in [1.54, 1.807) is 0 Å². The summed E-state index contributed by atoms with van der Waals surface area (Å²) in [5.41, 5.74) is 3.06. The Kier molecular flexibility index (Phi) is 5.68. The van der Waals surface area contributed by atoms with Gasteiger partial charge in [0, 0.05) is 11.6 Å². The number of aromatic nitrogens is 5. The number of anilines is 1. The van der Waals surface area contributed by atoms with Gasteiger partial charge in [0.25, 0.3) is 0 Å². The van der Waals surface area contributed by atoms with Crippen molar-refractivity contribution < 1.29 is 4.74 Å². The van der Waals surface area contributed by atoms with E-state index in [1.165, 1.54) is 25.7 Å². The van der Waals surface area contributed by atoms with Crippen molar-refractivity contribution in [1.82, 2.24) is 24.7 Å². The van der Waals surface area contributed by atoms with Gasteiger partial charge in [-0.15, -0.1) is 10.2 Å². The van der Waals surface area contributed by atoms with Gasteiger partial charge in [-0.05, 0) is 43.9 Å². The Hall–Kier alpha value is -3.74. The van der Waals surface area contributed by atoms with Gasteiger partial charge in [-0.1, -0.05) is 62.2 Å². The Morgan fingerprint density at radius 2 is 1.83 bits per heavy atom. The highest BCUT2D eigenvalue weighted by Gasteiger charge is 2.39. The molecule has 2 aromatic carbocycles. The Morgan fingerprint density at radius 1 is 1.00 bits per heavy atom. The molecule has 0 amide bonds. The molecule has 6 rings (SSSR count). The lowest BCUT2D eigenvalue weighted by molar-refractivity contribution is 0.306. The number of hydrogen-bond acceptors (Lipinski definition) is 6. The van der Waals surface area contributed by atoms with Crippen LogP contribution in [-0.4, -0.2) is 30.8 Å². The molecule has 2 aliphatic rings. The molecule has 178 valence electrons. The van der Waals surface area contributed by atoms with Crippen molar-refractivity contribution in [2.45, 2.75) is 64.6 Å². The van der Waals surface area contributed by atoms with E-state index >= 15 is 0 Å². The van der Waals surface area contributed by atoms with E-state index in [-0.39, 0.29) is 6.04 Å². The molecule has 7 nitrogen and oxygen atoms in total. The van der Waals surface area contributed by atoms with E-state index in [0.29, 0.717) is 18.5 Å². The molecule has 7 heteroatoms. The van der Waals surface area contributed by atoms with Crippen LogP contribution in [0.2, 0.25) is 0 Å². The molecule has 3 heterocycles. The van der Waals surface area contributed by atoms with Crippen molar-refractivity contribution in [3.8, 4) is 22.8 Å². The highest BCUT2D eigenvalue weighted by Crippen LogP contribution is 2.43. The summed E-state index contributed by atoms with van der Waals surface area (Å²) in [6.07, 6.45) is 7.78. The third-order valence-electron chi connectivity index (χ3n) is 7.16. The van der Waals surface area contributed by atoms with Gasteiger partial charge in [-0.25, -0.2) is 9.97 Å². The van der Waals surface area contributed by atoms with Crippen LogP contribution < -0.4 is 9.64 Å². The lowest BCUT2D eigenvalue weighted by Crippen LogP contribution is -2.42. The zero-order valence-corrected chi connectivity index (χ0v) is 20.3. The van der Waals surface area contributed by atoms with Crippen LogP contribution in [0, 0.1) is 6.92 Å². The van der Waals surface area contributed by atoms with E-state index < -0.39 is 0 Å². The number of rotatable bonds is 6. The number of hydrogen-bond donors (Lipinski definition) is 0. The maximum atomic E-state index is 6.07. The average Bonchev–Trinajstić information content (AvgIpc) is 3.57. The molecule has 1 aliphatic carbocycles. The molecule has 0 radical (unpaired) electrons. The van der Waals surface area contributed by atoms with E-state index in [2.05, 4.69) is 38.7 Å². The van der Waals surface area contributed by atoms with Crippen molar-refractivity contribution >= 4 is 5.82 Å². The third kappa shape index (κ3) is 3.95. The van der Waals surface area contributed by atoms with Crippen molar-refractivity contribution in [2.24, 2.45) is 0 Å². The molecule has 0 unspecified atom stereocenters. The summed E-state index contributed by atoms with van der Waals surface area (Å²) >= 11 is 0. The number of benzene rings is 2. The minimum Gasteiger partial charge on any atom is -0.489 e. The Balaban J connectivity index is 1.38. The van der Waals surface area contributed by atoms with Crippen molar-refractivity contribution in [3.05, 3.63) is 78.0 Å². The lowest BCUT2D eigenvalue weighted by atomic mass is 10.0. The van der Waals surface area contributed by atoms with Gasteiger partial charge in [-0.2, -0.15) is 0 Å². The third-order valence-corrected chi connectivity index (χ3v) is 7.16. The molecule has 1 aliphatic heterocycles. The first kappa shape index (κ1) is 21.8. The fourth-order valence-corrected chi connectivity index (χ4v) is 5.47. The first-order chi connectivity index (χ1) is 17.2. The molecule has 35 heavy (non-hydrogen) atoms. The maximum absolute atomic E-state index is 6.07. The topological polar surface area (TPSA) is 69.0 Å². The first-order valence-corrected chi connectivity index (χ1v) is 12.6. The van der Waals surface area contributed by atoms with Gasteiger partial charge >= 0.3 is 0 Å². The quantitative estimate of drug-likeness (QED) is 0.356. The van der Waals surface area contributed by atoms with Gasteiger partial charge in [0.2, 0.25) is 0 Å². The van der Waals surface area contributed by atoms with Gasteiger partial charge in [0.1, 0.15) is 23.9 Å². The highest BCUT2D eigenvalue weighted by atomic mass is 16.5. The highest BCUT2D eigenvalue weighted by molar-refractivity contribution is 5.67. The Bertz CT molecular complexity index is 1330. The van der Waals surface area contributed by atoms with E-state index in [0.717, 1.165) is 46.5 Å². The predicted octanol–water partition coefficient (Wildman–Crippen LogP) is 5.83. The van der Waals surface area contributed by atoms with Gasteiger partial charge in [0.15, 0.2) is 17.5 Å². The molecular weight excluding hydrogens is 436 g/mol. The summed E-state index contributed by atoms with van der Waals surface area (Å²) in [6.45, 7) is 4.75. The lowest BCUT2D eigenvalue weighted by Gasteiger charge is -2.41. The standard InChI is InChI=1S/C28H30N6O/c1-3-24-28-32-31-19(2)33(28)25-17-29-26(30-27(25)34(24)22-13-7-8-14-22)21-12-9-15-23(16-21)35-18-20-10-5-4-6-11-20/h4-6,9-12,15-17,22,24H,3,7-8,13-14,18H2,1-2H3/t24-/m1/s1. The second-order valence-electron chi connectivity index (χ2n) is 9.41. The van der Waals surface area contributed by atoms with Crippen LogP contribution in [0.25, 0.3) is 17.1 Å². The van der Waals surface area contributed by atoms with Crippen molar-refractivity contribution in [1.29, 1.82) is 0 Å². The molecule has 0 spiro atoms. The number of aryl methyl sites for hydroxylation is 1. The zero-order valence-electron chi connectivity index (χ0n) is 20.3.